The van der Waals surface area contributed by atoms with E-state index < -0.39 is 0 Å². The lowest BCUT2D eigenvalue weighted by Gasteiger charge is -2.11. The van der Waals surface area contributed by atoms with E-state index in [1.54, 1.807) is 6.20 Å². The van der Waals surface area contributed by atoms with Crippen molar-refractivity contribution in [3.8, 4) is 11.1 Å². The zero-order valence-electron chi connectivity index (χ0n) is 12.7. The summed E-state index contributed by atoms with van der Waals surface area (Å²) < 4.78 is 2.38. The van der Waals surface area contributed by atoms with Crippen LogP contribution < -0.4 is 5.73 Å². The number of anilines is 1. The number of hydrogen-bond acceptors (Lipinski definition) is 2. The molecule has 0 aliphatic rings. The summed E-state index contributed by atoms with van der Waals surface area (Å²) in [5.74, 6) is 0.604. The average Bonchev–Trinajstić information content (AvgIpc) is 3.07. The summed E-state index contributed by atoms with van der Waals surface area (Å²) in [7, 11) is 0. The molecule has 2 aromatic carbocycles. The third-order valence-electron chi connectivity index (χ3n) is 4.21. The first-order valence-corrected chi connectivity index (χ1v) is 7.48. The molecule has 0 aliphatic carbocycles. The van der Waals surface area contributed by atoms with Gasteiger partial charge in [0.15, 0.2) is 0 Å². The SMILES string of the molecule is CC(C)n1c2ccccc2c2cc(-c3cn[nH]c3N)ccc21. The van der Waals surface area contributed by atoms with Gasteiger partial charge in [-0.1, -0.05) is 24.3 Å². The number of aromatic nitrogens is 3. The number of H-pyrrole nitrogens is 1. The van der Waals surface area contributed by atoms with Crippen molar-refractivity contribution in [2.45, 2.75) is 19.9 Å². The van der Waals surface area contributed by atoms with Gasteiger partial charge in [-0.2, -0.15) is 5.10 Å². The maximum atomic E-state index is 5.96. The van der Waals surface area contributed by atoms with Crippen molar-refractivity contribution < 1.29 is 0 Å². The zero-order valence-corrected chi connectivity index (χ0v) is 12.7. The molecule has 0 saturated heterocycles. The van der Waals surface area contributed by atoms with Crippen LogP contribution in [0.2, 0.25) is 0 Å². The van der Waals surface area contributed by atoms with Gasteiger partial charge in [0.05, 0.1) is 6.20 Å². The quantitative estimate of drug-likeness (QED) is 0.576. The number of nitrogens with one attached hydrogen (secondary N) is 1. The first-order valence-electron chi connectivity index (χ1n) is 7.48. The fraction of sp³-hybridized carbons (Fsp3) is 0.167. The van der Waals surface area contributed by atoms with E-state index in [4.69, 9.17) is 5.73 Å². The van der Waals surface area contributed by atoms with Gasteiger partial charge < -0.3 is 10.3 Å². The summed E-state index contributed by atoms with van der Waals surface area (Å²) >= 11 is 0. The first-order chi connectivity index (χ1) is 10.7. The largest absolute Gasteiger partial charge is 0.384 e. The lowest BCUT2D eigenvalue weighted by Crippen LogP contribution is -1.99. The van der Waals surface area contributed by atoms with E-state index in [2.05, 4.69) is 71.1 Å². The molecule has 0 amide bonds. The van der Waals surface area contributed by atoms with Crippen LogP contribution in [-0.2, 0) is 0 Å². The van der Waals surface area contributed by atoms with E-state index in [1.165, 1.54) is 21.8 Å². The van der Waals surface area contributed by atoms with Crippen molar-refractivity contribution in [1.29, 1.82) is 0 Å². The fourth-order valence-electron chi connectivity index (χ4n) is 3.25. The van der Waals surface area contributed by atoms with Crippen molar-refractivity contribution in [1.82, 2.24) is 14.8 Å². The van der Waals surface area contributed by atoms with Gasteiger partial charge >= 0.3 is 0 Å². The Balaban J connectivity index is 2.09. The Bertz CT molecular complexity index is 975. The number of aromatic amines is 1. The highest BCUT2D eigenvalue weighted by atomic mass is 15.1. The maximum absolute atomic E-state index is 5.96. The Labute approximate surface area is 128 Å². The molecule has 2 aromatic heterocycles. The first kappa shape index (κ1) is 13.0. The molecule has 2 heterocycles. The number of benzene rings is 2. The number of nitrogens with zero attached hydrogens (tertiary/aromatic N) is 2. The van der Waals surface area contributed by atoms with Crippen LogP contribution >= 0.6 is 0 Å². The molecule has 0 saturated carbocycles. The van der Waals surface area contributed by atoms with Crippen LogP contribution in [0, 0.1) is 0 Å². The van der Waals surface area contributed by atoms with Crippen molar-refractivity contribution in [3.05, 3.63) is 48.7 Å². The number of fused-ring (bicyclic) bond motifs is 3. The molecule has 0 aliphatic heterocycles. The molecule has 0 spiro atoms. The zero-order chi connectivity index (χ0) is 15.3. The highest BCUT2D eigenvalue weighted by Crippen LogP contribution is 2.35. The van der Waals surface area contributed by atoms with Crippen LogP contribution in [0.1, 0.15) is 19.9 Å². The monoisotopic (exact) mass is 290 g/mol. The standard InChI is InChI=1S/C18H18N4/c1-11(2)22-16-6-4-3-5-13(16)14-9-12(7-8-17(14)22)15-10-20-21-18(15)19/h3-11H,1-2H3,(H3,19,20,21). The second-order valence-corrected chi connectivity index (χ2v) is 5.91. The summed E-state index contributed by atoms with van der Waals surface area (Å²) in [6.07, 6.45) is 1.78. The molecule has 22 heavy (non-hydrogen) atoms. The maximum Gasteiger partial charge on any atom is 0.126 e. The Hall–Kier alpha value is -2.75. The number of nitrogens with two attached hydrogens (primary N) is 1. The van der Waals surface area contributed by atoms with Crippen LogP contribution in [0.15, 0.2) is 48.7 Å². The van der Waals surface area contributed by atoms with Crippen molar-refractivity contribution in [2.24, 2.45) is 0 Å². The summed E-state index contributed by atoms with van der Waals surface area (Å²) in [4.78, 5) is 0. The predicted octanol–water partition coefficient (Wildman–Crippen LogP) is 4.35. The minimum absolute atomic E-state index is 0.409. The lowest BCUT2D eigenvalue weighted by atomic mass is 10.0. The van der Waals surface area contributed by atoms with Gasteiger partial charge in [-0.3, -0.25) is 5.10 Å². The second-order valence-electron chi connectivity index (χ2n) is 5.91. The normalized spacial score (nSPS) is 11.8. The third kappa shape index (κ3) is 1.73. The highest BCUT2D eigenvalue weighted by molar-refractivity contribution is 6.09. The molecule has 4 heteroatoms. The average molecular weight is 290 g/mol. The topological polar surface area (TPSA) is 59.6 Å². The van der Waals surface area contributed by atoms with E-state index in [-0.39, 0.29) is 0 Å². The molecular weight excluding hydrogens is 272 g/mol. The minimum Gasteiger partial charge on any atom is -0.384 e. The second kappa shape index (κ2) is 4.63. The summed E-state index contributed by atoms with van der Waals surface area (Å²) in [5, 5.41) is 9.34. The molecule has 0 fully saturated rings. The Kier molecular flexibility index (Phi) is 2.73. The molecule has 4 rings (SSSR count). The van der Waals surface area contributed by atoms with E-state index in [0.29, 0.717) is 11.9 Å². The summed E-state index contributed by atoms with van der Waals surface area (Å²) in [6.45, 7) is 4.43. The van der Waals surface area contributed by atoms with Gasteiger partial charge in [0.25, 0.3) is 0 Å². The molecule has 4 aromatic rings. The van der Waals surface area contributed by atoms with Gasteiger partial charge in [0.2, 0.25) is 0 Å². The van der Waals surface area contributed by atoms with Crippen molar-refractivity contribution >= 4 is 27.6 Å². The van der Waals surface area contributed by atoms with Gasteiger partial charge in [-0.25, -0.2) is 0 Å². The van der Waals surface area contributed by atoms with E-state index in [9.17, 15) is 0 Å². The van der Waals surface area contributed by atoms with E-state index in [0.717, 1.165) is 11.1 Å². The molecular formula is C18H18N4. The smallest absolute Gasteiger partial charge is 0.126 e. The molecule has 0 radical (unpaired) electrons. The van der Waals surface area contributed by atoms with Crippen LogP contribution in [-0.4, -0.2) is 14.8 Å². The summed E-state index contributed by atoms with van der Waals surface area (Å²) in [6, 6.07) is 15.4. The number of nitrogen functional groups attached to an aromatic ring is 1. The molecule has 0 unspecified atom stereocenters. The highest BCUT2D eigenvalue weighted by Gasteiger charge is 2.14. The van der Waals surface area contributed by atoms with E-state index >= 15 is 0 Å². The number of rotatable bonds is 2. The Morgan fingerprint density at radius 1 is 1.05 bits per heavy atom. The van der Waals surface area contributed by atoms with Crippen LogP contribution in [0.25, 0.3) is 32.9 Å². The van der Waals surface area contributed by atoms with Gasteiger partial charge in [-0.15, -0.1) is 0 Å². The van der Waals surface area contributed by atoms with Gasteiger partial charge in [0, 0.05) is 33.4 Å². The van der Waals surface area contributed by atoms with Gasteiger partial charge in [-0.05, 0) is 37.6 Å². The van der Waals surface area contributed by atoms with Crippen molar-refractivity contribution in [2.75, 3.05) is 5.73 Å². The predicted molar refractivity (Wildman–Crippen MR) is 91.8 cm³/mol. The Morgan fingerprint density at radius 2 is 1.82 bits per heavy atom. The molecule has 110 valence electrons. The van der Waals surface area contributed by atoms with Crippen LogP contribution in [0.5, 0.6) is 0 Å². The van der Waals surface area contributed by atoms with Gasteiger partial charge in [0.1, 0.15) is 5.82 Å². The molecule has 4 nitrogen and oxygen atoms in total. The molecule has 0 atom stereocenters. The Morgan fingerprint density at radius 3 is 2.55 bits per heavy atom. The lowest BCUT2D eigenvalue weighted by molar-refractivity contribution is 0.642. The number of hydrogen-bond donors (Lipinski definition) is 2. The van der Waals surface area contributed by atoms with Crippen molar-refractivity contribution in [3.63, 3.8) is 0 Å². The summed E-state index contributed by atoms with van der Waals surface area (Å²) in [5.41, 5.74) is 10.5. The molecule has 0 bridgehead atoms. The van der Waals surface area contributed by atoms with E-state index in [1.807, 2.05) is 0 Å². The minimum atomic E-state index is 0.409. The molecule has 3 N–H and O–H groups in total. The fourth-order valence-corrected chi connectivity index (χ4v) is 3.25. The van der Waals surface area contributed by atoms with Crippen LogP contribution in [0.3, 0.4) is 0 Å². The van der Waals surface area contributed by atoms with Crippen LogP contribution in [0.4, 0.5) is 5.82 Å². The number of para-hydroxylation sites is 1. The third-order valence-corrected chi connectivity index (χ3v) is 4.21.